The van der Waals surface area contributed by atoms with Crippen LogP contribution in [-0.2, 0) is 0 Å². The Bertz CT molecular complexity index is 1030. The molecule has 3 rings (SSSR count). The molecule has 3 aromatic rings. The van der Waals surface area contributed by atoms with Gasteiger partial charge >= 0.3 is 0 Å². The molecule has 0 amide bonds. The average molecular weight is 341 g/mol. The lowest BCUT2D eigenvalue weighted by atomic mass is 10.0. The molecule has 1 unspecified atom stereocenters. The highest BCUT2D eigenvalue weighted by Gasteiger charge is 2.24. The summed E-state index contributed by atoms with van der Waals surface area (Å²) < 4.78 is 13.4. The molecule has 0 fully saturated rings. The van der Waals surface area contributed by atoms with Gasteiger partial charge in [-0.2, -0.15) is 0 Å². The molecule has 1 atom stereocenters. The maximum absolute atomic E-state index is 13.4. The van der Waals surface area contributed by atoms with Crippen LogP contribution in [-0.4, -0.2) is 4.98 Å². The van der Waals surface area contributed by atoms with E-state index < -0.39 is 16.4 Å². The molecule has 0 saturated heterocycles. The van der Waals surface area contributed by atoms with Gasteiger partial charge in [-0.05, 0) is 36.2 Å². The lowest BCUT2D eigenvalue weighted by Crippen LogP contribution is -2.38. The van der Waals surface area contributed by atoms with E-state index in [0.29, 0.717) is 12.0 Å². The Morgan fingerprint density at radius 1 is 1.08 bits per heavy atom. The summed E-state index contributed by atoms with van der Waals surface area (Å²) in [6, 6.07) is 8.80. The Hall–Kier alpha value is -3.22. The van der Waals surface area contributed by atoms with E-state index in [-0.39, 0.29) is 28.9 Å². The minimum atomic E-state index is -0.695. The molecule has 1 heterocycles. The fraction of sp³-hybridized carbons (Fsp3) is 0.167. The number of nitrogens with one attached hydrogen (secondary N) is 3. The summed E-state index contributed by atoms with van der Waals surface area (Å²) >= 11 is 0. The number of hydrogen-bond donors (Lipinski definition) is 3. The molecule has 0 bridgehead atoms. The quantitative estimate of drug-likeness (QED) is 0.599. The van der Waals surface area contributed by atoms with Crippen LogP contribution in [0.4, 0.5) is 21.5 Å². The lowest BCUT2D eigenvalue weighted by Gasteiger charge is -2.22. The number of anilines is 3. The van der Waals surface area contributed by atoms with Crippen LogP contribution in [0, 0.1) is 5.82 Å². The fourth-order valence-corrected chi connectivity index (χ4v) is 2.62. The first-order valence-electron chi connectivity index (χ1n) is 7.81. The number of aromatic amines is 1. The minimum absolute atomic E-state index is 0.0385. The highest BCUT2D eigenvalue weighted by molar-refractivity contribution is 5.78. The monoisotopic (exact) mass is 341 g/mol. The molecule has 0 aliphatic rings. The van der Waals surface area contributed by atoms with E-state index in [1.807, 2.05) is 6.92 Å². The minimum Gasteiger partial charge on any atom is -0.373 e. The molecule has 6 nitrogen and oxygen atoms in total. The molecule has 0 saturated carbocycles. The highest BCUT2D eigenvalue weighted by Crippen LogP contribution is 2.26. The van der Waals surface area contributed by atoms with Gasteiger partial charge in [0.1, 0.15) is 22.9 Å². The van der Waals surface area contributed by atoms with E-state index in [4.69, 9.17) is 0 Å². The summed E-state index contributed by atoms with van der Waals surface area (Å²) in [6.45, 7) is 1.88. The molecular formula is C18H16FN3O3. The van der Waals surface area contributed by atoms with E-state index >= 15 is 0 Å². The van der Waals surface area contributed by atoms with Gasteiger partial charge in [0.25, 0.3) is 16.4 Å². The van der Waals surface area contributed by atoms with Crippen molar-refractivity contribution < 1.29 is 4.39 Å². The van der Waals surface area contributed by atoms with Crippen molar-refractivity contribution in [2.75, 3.05) is 10.6 Å². The second-order valence-corrected chi connectivity index (χ2v) is 5.61. The Balaban J connectivity index is 1.90. The number of halogens is 1. The van der Waals surface area contributed by atoms with Gasteiger partial charge in [-0.3, -0.25) is 14.4 Å². The topological polar surface area (TPSA) is 91.1 Å². The van der Waals surface area contributed by atoms with E-state index in [1.54, 1.807) is 18.2 Å². The first kappa shape index (κ1) is 16.6. The second-order valence-electron chi connectivity index (χ2n) is 5.61. The van der Waals surface area contributed by atoms with Gasteiger partial charge in [0, 0.05) is 6.20 Å². The highest BCUT2D eigenvalue weighted by atomic mass is 19.1. The van der Waals surface area contributed by atoms with Crippen molar-refractivity contribution in [3.05, 3.63) is 84.8 Å². The van der Waals surface area contributed by atoms with Gasteiger partial charge in [0.2, 0.25) is 0 Å². The van der Waals surface area contributed by atoms with Crippen molar-refractivity contribution in [1.82, 2.24) is 4.98 Å². The van der Waals surface area contributed by atoms with Crippen LogP contribution in [0.1, 0.15) is 24.9 Å². The Morgan fingerprint density at radius 2 is 1.84 bits per heavy atom. The van der Waals surface area contributed by atoms with Crippen LogP contribution in [0.5, 0.6) is 0 Å². The van der Waals surface area contributed by atoms with Gasteiger partial charge in [-0.25, -0.2) is 4.39 Å². The van der Waals surface area contributed by atoms with Gasteiger partial charge in [-0.15, -0.1) is 0 Å². The largest absolute Gasteiger partial charge is 0.373 e. The first-order valence-corrected chi connectivity index (χ1v) is 7.81. The SMILES string of the molecule is CCC(Nc1c(Nc2ccc[nH]c2=O)c(=O)c1=O)c1cccc(F)c1. The molecule has 1 aromatic heterocycles. The third-order valence-corrected chi connectivity index (χ3v) is 3.97. The van der Waals surface area contributed by atoms with Crippen molar-refractivity contribution in [2.24, 2.45) is 0 Å². The third kappa shape index (κ3) is 3.21. The third-order valence-electron chi connectivity index (χ3n) is 3.97. The number of H-pyrrole nitrogens is 1. The number of benzene rings is 1. The number of aromatic nitrogens is 1. The zero-order valence-corrected chi connectivity index (χ0v) is 13.4. The summed E-state index contributed by atoms with van der Waals surface area (Å²) in [5.41, 5.74) is -0.792. The summed E-state index contributed by atoms with van der Waals surface area (Å²) in [7, 11) is 0. The van der Waals surface area contributed by atoms with Crippen LogP contribution < -0.4 is 27.1 Å². The molecular weight excluding hydrogens is 325 g/mol. The van der Waals surface area contributed by atoms with Crippen molar-refractivity contribution in [3.63, 3.8) is 0 Å². The van der Waals surface area contributed by atoms with Gasteiger partial charge in [0.15, 0.2) is 0 Å². The standard InChI is InChI=1S/C18H16FN3O3/c1-2-12(10-5-3-6-11(19)9-10)21-14-15(17(24)16(14)23)22-13-7-4-8-20-18(13)25/h3-9,12,21-22H,2H2,1H3,(H,20,25). The van der Waals surface area contributed by atoms with Gasteiger partial charge < -0.3 is 15.6 Å². The molecule has 0 radical (unpaired) electrons. The van der Waals surface area contributed by atoms with Crippen LogP contribution in [0.25, 0.3) is 0 Å². The lowest BCUT2D eigenvalue weighted by molar-refractivity contribution is 0.620. The molecule has 0 spiro atoms. The van der Waals surface area contributed by atoms with Crippen LogP contribution in [0.2, 0.25) is 0 Å². The summed E-state index contributed by atoms with van der Waals surface area (Å²) in [6.07, 6.45) is 2.04. The second kappa shape index (κ2) is 6.72. The molecule has 128 valence electrons. The molecule has 7 heteroatoms. The zero-order chi connectivity index (χ0) is 18.0. The predicted molar refractivity (Wildman–Crippen MR) is 94.8 cm³/mol. The smallest absolute Gasteiger partial charge is 0.271 e. The Kier molecular flexibility index (Phi) is 4.47. The van der Waals surface area contributed by atoms with E-state index in [9.17, 15) is 18.8 Å². The van der Waals surface area contributed by atoms with Crippen LogP contribution in [0.15, 0.2) is 57.0 Å². The van der Waals surface area contributed by atoms with E-state index in [0.717, 1.165) is 0 Å². The predicted octanol–water partition coefficient (Wildman–Crippen LogP) is 2.42. The fourth-order valence-electron chi connectivity index (χ4n) is 2.62. The molecule has 0 aliphatic heterocycles. The summed E-state index contributed by atoms with van der Waals surface area (Å²) in [5, 5.41) is 5.68. The van der Waals surface area contributed by atoms with Crippen molar-refractivity contribution >= 4 is 17.1 Å². The van der Waals surface area contributed by atoms with Crippen molar-refractivity contribution in [2.45, 2.75) is 19.4 Å². The number of pyridine rings is 1. The average Bonchev–Trinajstić information content (AvgIpc) is 2.62. The maximum atomic E-state index is 13.4. The number of rotatable bonds is 6. The van der Waals surface area contributed by atoms with Crippen molar-refractivity contribution in [3.8, 4) is 0 Å². The maximum Gasteiger partial charge on any atom is 0.271 e. The van der Waals surface area contributed by atoms with Gasteiger partial charge in [0.05, 0.1) is 6.04 Å². The molecule has 0 aliphatic carbocycles. The number of hydrogen-bond acceptors (Lipinski definition) is 5. The Morgan fingerprint density at radius 3 is 2.52 bits per heavy atom. The summed E-state index contributed by atoms with van der Waals surface area (Å²) in [5.74, 6) is -0.378. The molecule has 3 N–H and O–H groups in total. The summed E-state index contributed by atoms with van der Waals surface area (Å²) in [4.78, 5) is 38.0. The molecule has 2 aromatic carbocycles. The molecule has 25 heavy (non-hydrogen) atoms. The van der Waals surface area contributed by atoms with E-state index in [1.165, 1.54) is 24.4 Å². The Labute approximate surface area is 142 Å². The van der Waals surface area contributed by atoms with Gasteiger partial charge in [-0.1, -0.05) is 19.1 Å². The zero-order valence-electron chi connectivity index (χ0n) is 13.4. The first-order chi connectivity index (χ1) is 12.0. The van der Waals surface area contributed by atoms with E-state index in [2.05, 4.69) is 15.6 Å². The van der Waals surface area contributed by atoms with Crippen molar-refractivity contribution in [1.29, 1.82) is 0 Å². The van der Waals surface area contributed by atoms with Crippen LogP contribution in [0.3, 0.4) is 0 Å². The van der Waals surface area contributed by atoms with Crippen LogP contribution >= 0.6 is 0 Å². The normalized spacial score (nSPS) is 12.1.